The van der Waals surface area contributed by atoms with E-state index in [4.69, 9.17) is 11.6 Å². The first-order valence-electron chi connectivity index (χ1n) is 8.31. The standard InChI is InChI=1S/C18H29ClFN/c1-3-4-5-6-7-8-9-10-14-17(21-2)15-12-11-13-16(20)18(15)19/h11-13,17,21H,3-10,14H2,1-2H3. The van der Waals surface area contributed by atoms with Crippen LogP contribution in [0.4, 0.5) is 4.39 Å². The van der Waals surface area contributed by atoms with Crippen LogP contribution in [0.1, 0.15) is 76.3 Å². The fourth-order valence-electron chi connectivity index (χ4n) is 2.73. The molecule has 1 unspecified atom stereocenters. The summed E-state index contributed by atoms with van der Waals surface area (Å²) in [5.41, 5.74) is 0.877. The van der Waals surface area contributed by atoms with E-state index in [1.54, 1.807) is 6.07 Å². The molecule has 1 nitrogen and oxygen atoms in total. The minimum atomic E-state index is -0.328. The third-order valence-corrected chi connectivity index (χ3v) is 4.45. The molecule has 1 aromatic carbocycles. The van der Waals surface area contributed by atoms with Crippen LogP contribution in [0, 0.1) is 5.82 Å². The molecule has 0 aliphatic rings. The molecule has 0 heterocycles. The molecule has 1 aromatic rings. The van der Waals surface area contributed by atoms with Crippen molar-refractivity contribution in [3.8, 4) is 0 Å². The number of benzene rings is 1. The van der Waals surface area contributed by atoms with Gasteiger partial charge in [0.25, 0.3) is 0 Å². The Morgan fingerprint density at radius 1 is 1.05 bits per heavy atom. The topological polar surface area (TPSA) is 12.0 Å². The lowest BCUT2D eigenvalue weighted by molar-refractivity contribution is 0.492. The van der Waals surface area contributed by atoms with Crippen LogP contribution in [0.15, 0.2) is 18.2 Å². The van der Waals surface area contributed by atoms with Gasteiger partial charge >= 0.3 is 0 Å². The molecule has 0 saturated heterocycles. The van der Waals surface area contributed by atoms with Crippen molar-refractivity contribution in [1.82, 2.24) is 5.32 Å². The Labute approximate surface area is 134 Å². The quantitative estimate of drug-likeness (QED) is 0.475. The fourth-order valence-corrected chi connectivity index (χ4v) is 2.98. The molecule has 1 rings (SSSR count). The summed E-state index contributed by atoms with van der Waals surface area (Å²) in [4.78, 5) is 0. The van der Waals surface area contributed by atoms with Gasteiger partial charge in [0.15, 0.2) is 0 Å². The molecule has 0 aromatic heterocycles. The molecule has 0 bridgehead atoms. The third-order valence-electron chi connectivity index (χ3n) is 4.05. The zero-order valence-corrected chi connectivity index (χ0v) is 14.2. The third kappa shape index (κ3) is 6.80. The SMILES string of the molecule is CCCCCCCCCCC(NC)c1cccc(F)c1Cl. The highest BCUT2D eigenvalue weighted by atomic mass is 35.5. The average molecular weight is 314 g/mol. The molecule has 0 aliphatic carbocycles. The molecule has 1 atom stereocenters. The highest BCUT2D eigenvalue weighted by Gasteiger charge is 2.14. The van der Waals surface area contributed by atoms with Crippen molar-refractivity contribution in [1.29, 1.82) is 0 Å². The Bertz CT molecular complexity index is 395. The molecule has 0 radical (unpaired) electrons. The maximum absolute atomic E-state index is 13.5. The molecule has 120 valence electrons. The van der Waals surface area contributed by atoms with Gasteiger partial charge in [-0.05, 0) is 25.1 Å². The lowest BCUT2D eigenvalue weighted by Gasteiger charge is -2.18. The van der Waals surface area contributed by atoms with Crippen LogP contribution >= 0.6 is 11.6 Å². The number of halogens is 2. The molecule has 0 amide bonds. The summed E-state index contributed by atoms with van der Waals surface area (Å²) in [5.74, 6) is -0.328. The van der Waals surface area contributed by atoms with Crippen molar-refractivity contribution < 1.29 is 4.39 Å². The van der Waals surface area contributed by atoms with Gasteiger partial charge in [-0.1, -0.05) is 82.0 Å². The Hall–Kier alpha value is -0.600. The predicted octanol–water partition coefficient (Wildman–Crippen LogP) is 6.27. The molecule has 0 fully saturated rings. The minimum Gasteiger partial charge on any atom is -0.313 e. The number of hydrogen-bond donors (Lipinski definition) is 1. The van der Waals surface area contributed by atoms with E-state index in [1.807, 2.05) is 13.1 Å². The molecule has 0 saturated carbocycles. The van der Waals surface area contributed by atoms with Gasteiger partial charge in [0.2, 0.25) is 0 Å². The van der Waals surface area contributed by atoms with E-state index in [1.165, 1.54) is 51.0 Å². The number of unbranched alkanes of at least 4 members (excludes halogenated alkanes) is 7. The summed E-state index contributed by atoms with van der Waals surface area (Å²) in [5, 5.41) is 3.51. The van der Waals surface area contributed by atoms with Gasteiger partial charge in [0, 0.05) is 6.04 Å². The van der Waals surface area contributed by atoms with Crippen molar-refractivity contribution in [3.05, 3.63) is 34.6 Å². The summed E-state index contributed by atoms with van der Waals surface area (Å²) in [6.45, 7) is 2.25. The van der Waals surface area contributed by atoms with Crippen molar-refractivity contribution in [2.24, 2.45) is 0 Å². The van der Waals surface area contributed by atoms with E-state index < -0.39 is 0 Å². The van der Waals surface area contributed by atoms with Crippen molar-refractivity contribution >= 4 is 11.6 Å². The average Bonchev–Trinajstić information content (AvgIpc) is 2.49. The Balaban J connectivity index is 2.27. The van der Waals surface area contributed by atoms with E-state index >= 15 is 0 Å². The molecule has 0 spiro atoms. The first kappa shape index (κ1) is 18.4. The molecule has 1 N–H and O–H groups in total. The minimum absolute atomic E-state index is 0.147. The number of rotatable bonds is 11. The summed E-state index contributed by atoms with van der Waals surface area (Å²) < 4.78 is 13.5. The van der Waals surface area contributed by atoms with Crippen molar-refractivity contribution in [2.45, 2.75) is 70.8 Å². The highest BCUT2D eigenvalue weighted by molar-refractivity contribution is 6.31. The second kappa shape index (κ2) is 11.0. The molecule has 3 heteroatoms. The fraction of sp³-hybridized carbons (Fsp3) is 0.667. The lowest BCUT2D eigenvalue weighted by Crippen LogP contribution is -2.17. The first-order chi connectivity index (χ1) is 10.2. The van der Waals surface area contributed by atoms with E-state index in [0.717, 1.165) is 18.4 Å². The first-order valence-corrected chi connectivity index (χ1v) is 8.69. The van der Waals surface area contributed by atoms with Gasteiger partial charge in [-0.15, -0.1) is 0 Å². The second-order valence-corrected chi connectivity index (χ2v) is 6.13. The summed E-state index contributed by atoms with van der Waals surface area (Å²) >= 11 is 6.06. The maximum atomic E-state index is 13.5. The highest BCUT2D eigenvalue weighted by Crippen LogP contribution is 2.28. The predicted molar refractivity (Wildman–Crippen MR) is 90.4 cm³/mol. The molecular weight excluding hydrogens is 285 g/mol. The van der Waals surface area contributed by atoms with E-state index in [9.17, 15) is 4.39 Å². The summed E-state index contributed by atoms with van der Waals surface area (Å²) in [6, 6.07) is 5.20. The van der Waals surface area contributed by atoms with Gasteiger partial charge in [0.1, 0.15) is 5.82 Å². The largest absolute Gasteiger partial charge is 0.313 e. The van der Waals surface area contributed by atoms with Crippen LogP contribution in [0.25, 0.3) is 0 Å². The second-order valence-electron chi connectivity index (χ2n) is 5.75. The van der Waals surface area contributed by atoms with Gasteiger partial charge in [-0.2, -0.15) is 0 Å². The van der Waals surface area contributed by atoms with Gasteiger partial charge < -0.3 is 5.32 Å². The maximum Gasteiger partial charge on any atom is 0.142 e. The monoisotopic (exact) mass is 313 g/mol. The smallest absolute Gasteiger partial charge is 0.142 e. The van der Waals surface area contributed by atoms with Gasteiger partial charge in [0.05, 0.1) is 5.02 Å². The normalized spacial score (nSPS) is 12.6. The van der Waals surface area contributed by atoms with Crippen LogP contribution in [0.3, 0.4) is 0 Å². The summed E-state index contributed by atoms with van der Waals surface area (Å²) in [7, 11) is 1.91. The van der Waals surface area contributed by atoms with E-state index in [0.29, 0.717) is 0 Å². The lowest BCUT2D eigenvalue weighted by atomic mass is 9.99. The number of hydrogen-bond acceptors (Lipinski definition) is 1. The van der Waals surface area contributed by atoms with E-state index in [2.05, 4.69) is 12.2 Å². The van der Waals surface area contributed by atoms with Crippen LogP contribution in [0.5, 0.6) is 0 Å². The Morgan fingerprint density at radius 3 is 2.29 bits per heavy atom. The Morgan fingerprint density at radius 2 is 1.67 bits per heavy atom. The van der Waals surface area contributed by atoms with Crippen molar-refractivity contribution in [2.75, 3.05) is 7.05 Å². The molecular formula is C18H29ClFN. The zero-order chi connectivity index (χ0) is 15.5. The molecule has 21 heavy (non-hydrogen) atoms. The summed E-state index contributed by atoms with van der Waals surface area (Å²) in [6.07, 6.45) is 11.5. The molecule has 0 aliphatic heterocycles. The Kier molecular flexibility index (Phi) is 9.69. The number of nitrogens with one attached hydrogen (secondary N) is 1. The van der Waals surface area contributed by atoms with Crippen molar-refractivity contribution in [3.63, 3.8) is 0 Å². The van der Waals surface area contributed by atoms with Crippen LogP contribution in [0.2, 0.25) is 5.02 Å². The van der Waals surface area contributed by atoms with Crippen LogP contribution in [-0.2, 0) is 0 Å². The van der Waals surface area contributed by atoms with Crippen LogP contribution < -0.4 is 5.32 Å². The van der Waals surface area contributed by atoms with Crippen LogP contribution in [-0.4, -0.2) is 7.05 Å². The van der Waals surface area contributed by atoms with Gasteiger partial charge in [-0.3, -0.25) is 0 Å². The zero-order valence-electron chi connectivity index (χ0n) is 13.4. The van der Waals surface area contributed by atoms with E-state index in [-0.39, 0.29) is 16.9 Å². The van der Waals surface area contributed by atoms with Gasteiger partial charge in [-0.25, -0.2) is 4.39 Å².